The highest BCUT2D eigenvalue weighted by molar-refractivity contribution is 5.92. The van der Waals surface area contributed by atoms with E-state index in [1.807, 2.05) is 48.2 Å². The van der Waals surface area contributed by atoms with Gasteiger partial charge in [0.25, 0.3) is 5.56 Å². The number of piperidine rings is 1. The molecular weight excluding hydrogens is 326 g/mol. The topological polar surface area (TPSA) is 66.1 Å². The number of H-pyrrole nitrogens is 1. The normalized spacial score (nSPS) is 22.1. The van der Waals surface area contributed by atoms with Gasteiger partial charge >= 0.3 is 0 Å². The minimum Gasteiger partial charge on any atom is -0.338 e. The van der Waals surface area contributed by atoms with E-state index < -0.39 is 0 Å². The van der Waals surface area contributed by atoms with E-state index in [0.29, 0.717) is 12.4 Å². The maximum Gasteiger partial charge on any atom is 0.254 e. The van der Waals surface area contributed by atoms with E-state index in [1.165, 1.54) is 0 Å². The zero-order valence-corrected chi connectivity index (χ0v) is 15.0. The van der Waals surface area contributed by atoms with Crippen LogP contribution in [0.15, 0.2) is 41.2 Å². The highest BCUT2D eigenvalue weighted by Crippen LogP contribution is 2.42. The van der Waals surface area contributed by atoms with Crippen molar-refractivity contribution < 1.29 is 4.79 Å². The molecule has 0 saturated carbocycles. The number of hydrogen-bond acceptors (Lipinski definition) is 3. The Bertz CT molecular complexity index is 917. The Hall–Kier alpha value is -2.69. The van der Waals surface area contributed by atoms with Crippen LogP contribution in [0, 0.1) is 6.92 Å². The summed E-state index contributed by atoms with van der Waals surface area (Å²) in [5, 5.41) is 0. The molecule has 1 fully saturated rings. The van der Waals surface area contributed by atoms with Crippen molar-refractivity contribution in [2.24, 2.45) is 0 Å². The zero-order chi connectivity index (χ0) is 18.1. The van der Waals surface area contributed by atoms with Gasteiger partial charge in [0.05, 0.1) is 5.69 Å². The minimum absolute atomic E-state index is 0.0169. The number of fused-ring (bicyclic) bond motifs is 2. The number of nitrogens with one attached hydrogen (secondary N) is 1. The molecule has 5 nitrogen and oxygen atoms in total. The van der Waals surface area contributed by atoms with E-state index in [4.69, 9.17) is 0 Å². The molecule has 1 aliphatic carbocycles. The molecule has 1 unspecified atom stereocenters. The Kier molecular flexibility index (Phi) is 4.23. The van der Waals surface area contributed by atoms with Gasteiger partial charge in [-0.25, -0.2) is 4.98 Å². The number of rotatable bonds is 2. The Labute approximate surface area is 152 Å². The van der Waals surface area contributed by atoms with E-state index in [0.717, 1.165) is 49.0 Å². The van der Waals surface area contributed by atoms with Crippen LogP contribution in [0.5, 0.6) is 0 Å². The predicted molar refractivity (Wildman–Crippen MR) is 101 cm³/mol. The molecule has 4 rings (SSSR count). The molecule has 1 spiro atoms. The average Bonchev–Trinajstić information content (AvgIpc) is 2.99. The number of aromatic nitrogens is 2. The first-order valence-corrected chi connectivity index (χ1v) is 9.20. The van der Waals surface area contributed by atoms with Crippen LogP contribution in [-0.2, 0) is 16.6 Å². The fourth-order valence-corrected chi connectivity index (χ4v) is 4.32. The Balaban J connectivity index is 1.57. The summed E-state index contributed by atoms with van der Waals surface area (Å²) in [6, 6.07) is 9.84. The van der Waals surface area contributed by atoms with Gasteiger partial charge in [0.1, 0.15) is 5.82 Å². The van der Waals surface area contributed by atoms with E-state index in [-0.39, 0.29) is 16.9 Å². The fourth-order valence-electron chi connectivity index (χ4n) is 4.32. The second-order valence-electron chi connectivity index (χ2n) is 7.37. The quantitative estimate of drug-likeness (QED) is 0.848. The molecule has 134 valence electrons. The lowest BCUT2D eigenvalue weighted by Gasteiger charge is -2.40. The number of aryl methyl sites for hydroxylation is 1. The lowest BCUT2D eigenvalue weighted by atomic mass is 9.77. The van der Waals surface area contributed by atoms with Crippen molar-refractivity contribution in [3.63, 3.8) is 0 Å². The molecule has 2 heterocycles. The van der Waals surface area contributed by atoms with Crippen molar-refractivity contribution in [3.05, 3.63) is 69.4 Å². The number of carbonyl (C=O) groups excluding carboxylic acids is 1. The van der Waals surface area contributed by atoms with Crippen LogP contribution in [0.1, 0.15) is 41.9 Å². The van der Waals surface area contributed by atoms with E-state index >= 15 is 0 Å². The molecule has 0 bridgehead atoms. The minimum atomic E-state index is -0.164. The summed E-state index contributed by atoms with van der Waals surface area (Å²) in [5.41, 5.74) is 2.57. The molecule has 5 heteroatoms. The van der Waals surface area contributed by atoms with Crippen molar-refractivity contribution in [1.29, 1.82) is 0 Å². The van der Waals surface area contributed by atoms with Gasteiger partial charge < -0.3 is 9.88 Å². The molecular formula is C21H23N3O2. The molecule has 2 aromatic rings. The SMILES string of the molecule is Cc1nc2c(c(=O)[nH]1)CCC21CCCN(C(=O)C=Cc2ccccc2)C1. The number of nitrogens with zero attached hydrogens (tertiary/aromatic N) is 2. The van der Waals surface area contributed by atoms with Gasteiger partial charge in [-0.15, -0.1) is 0 Å². The molecule has 1 aromatic carbocycles. The van der Waals surface area contributed by atoms with Crippen molar-refractivity contribution >= 4 is 12.0 Å². The van der Waals surface area contributed by atoms with Gasteiger partial charge in [0.2, 0.25) is 5.91 Å². The fraction of sp³-hybridized carbons (Fsp3) is 0.381. The lowest BCUT2D eigenvalue weighted by Crippen LogP contribution is -2.47. The molecule has 0 radical (unpaired) electrons. The molecule has 1 atom stereocenters. The lowest BCUT2D eigenvalue weighted by molar-refractivity contribution is -0.128. The third kappa shape index (κ3) is 2.98. The second kappa shape index (κ2) is 6.56. The van der Waals surface area contributed by atoms with Gasteiger partial charge in [-0.2, -0.15) is 0 Å². The van der Waals surface area contributed by atoms with Crippen LogP contribution < -0.4 is 5.56 Å². The zero-order valence-electron chi connectivity index (χ0n) is 15.0. The van der Waals surface area contributed by atoms with Crippen LogP contribution in [0.4, 0.5) is 0 Å². The average molecular weight is 349 g/mol. The molecule has 2 aliphatic rings. The largest absolute Gasteiger partial charge is 0.338 e. The monoisotopic (exact) mass is 349 g/mol. The summed E-state index contributed by atoms with van der Waals surface area (Å²) in [4.78, 5) is 34.3. The number of aromatic amines is 1. The van der Waals surface area contributed by atoms with Crippen molar-refractivity contribution in [2.75, 3.05) is 13.1 Å². The van der Waals surface area contributed by atoms with Crippen molar-refractivity contribution in [2.45, 2.75) is 38.0 Å². The van der Waals surface area contributed by atoms with Crippen LogP contribution in [-0.4, -0.2) is 33.9 Å². The maximum atomic E-state index is 12.7. The molecule has 1 N–H and O–H groups in total. The van der Waals surface area contributed by atoms with Gasteiger partial charge in [0.15, 0.2) is 0 Å². The smallest absolute Gasteiger partial charge is 0.254 e. The Morgan fingerprint density at radius 2 is 2.08 bits per heavy atom. The van der Waals surface area contributed by atoms with E-state index in [9.17, 15) is 9.59 Å². The van der Waals surface area contributed by atoms with Gasteiger partial charge in [-0.05, 0) is 44.2 Å². The third-order valence-corrected chi connectivity index (χ3v) is 5.60. The summed E-state index contributed by atoms with van der Waals surface area (Å²) in [6.07, 6.45) is 7.09. The summed E-state index contributed by atoms with van der Waals surface area (Å²) < 4.78 is 0. The number of likely N-dealkylation sites (tertiary alicyclic amines) is 1. The third-order valence-electron chi connectivity index (χ3n) is 5.60. The van der Waals surface area contributed by atoms with Crippen LogP contribution in [0.2, 0.25) is 0 Å². The van der Waals surface area contributed by atoms with Crippen LogP contribution in [0.3, 0.4) is 0 Å². The molecule has 1 aliphatic heterocycles. The van der Waals surface area contributed by atoms with Crippen LogP contribution >= 0.6 is 0 Å². The summed E-state index contributed by atoms with van der Waals surface area (Å²) in [7, 11) is 0. The highest BCUT2D eigenvalue weighted by Gasteiger charge is 2.45. The first-order valence-electron chi connectivity index (χ1n) is 9.20. The van der Waals surface area contributed by atoms with E-state index in [1.54, 1.807) is 6.08 Å². The Morgan fingerprint density at radius 3 is 2.88 bits per heavy atom. The second-order valence-corrected chi connectivity index (χ2v) is 7.37. The van der Waals surface area contributed by atoms with Gasteiger partial charge in [-0.3, -0.25) is 9.59 Å². The first kappa shape index (κ1) is 16.8. The standard InChI is InChI=1S/C21H23N3O2/c1-15-22-19-17(20(26)23-15)10-12-21(19)11-5-13-24(14-21)18(25)9-8-16-6-3-2-4-7-16/h2-4,6-9H,5,10-14H2,1H3,(H,22,23,26). The Morgan fingerprint density at radius 1 is 1.27 bits per heavy atom. The van der Waals surface area contributed by atoms with E-state index in [2.05, 4.69) is 9.97 Å². The summed E-state index contributed by atoms with van der Waals surface area (Å²) >= 11 is 0. The number of amides is 1. The number of carbonyl (C=O) groups is 1. The highest BCUT2D eigenvalue weighted by atomic mass is 16.2. The first-order chi connectivity index (χ1) is 12.6. The van der Waals surface area contributed by atoms with Gasteiger partial charge in [0, 0.05) is 30.1 Å². The van der Waals surface area contributed by atoms with Crippen LogP contribution in [0.25, 0.3) is 6.08 Å². The maximum absolute atomic E-state index is 12.7. The molecule has 1 amide bonds. The van der Waals surface area contributed by atoms with Crippen molar-refractivity contribution in [1.82, 2.24) is 14.9 Å². The molecule has 1 aromatic heterocycles. The van der Waals surface area contributed by atoms with Crippen molar-refractivity contribution in [3.8, 4) is 0 Å². The summed E-state index contributed by atoms with van der Waals surface area (Å²) in [6.45, 7) is 3.23. The van der Waals surface area contributed by atoms with Gasteiger partial charge in [-0.1, -0.05) is 30.3 Å². The number of benzene rings is 1. The predicted octanol–water partition coefficient (Wildman–Crippen LogP) is 2.60. The molecule has 26 heavy (non-hydrogen) atoms. The summed E-state index contributed by atoms with van der Waals surface area (Å²) in [5.74, 6) is 0.686. The molecule has 1 saturated heterocycles. The number of hydrogen-bond donors (Lipinski definition) is 1.